The molecule has 0 spiro atoms. The number of nitrogens with zero attached hydrogens (tertiary/aromatic N) is 2. The van der Waals surface area contributed by atoms with Crippen LogP contribution in [0.25, 0.3) is 0 Å². The van der Waals surface area contributed by atoms with E-state index in [1.165, 1.54) is 31.5 Å². The summed E-state index contributed by atoms with van der Waals surface area (Å²) < 4.78 is 11.0. The number of nitrogens with one attached hydrogen (secondary N) is 1. The van der Waals surface area contributed by atoms with Gasteiger partial charge in [0.05, 0.1) is 14.2 Å². The van der Waals surface area contributed by atoms with Gasteiger partial charge in [0.25, 0.3) is 0 Å². The van der Waals surface area contributed by atoms with Gasteiger partial charge in [0.1, 0.15) is 0 Å². The average Bonchev–Trinajstić information content (AvgIpc) is 2.67. The normalized spacial score (nSPS) is 21.9. The summed E-state index contributed by atoms with van der Waals surface area (Å²) in [7, 11) is 3.41. The first-order chi connectivity index (χ1) is 12.2. The summed E-state index contributed by atoms with van der Waals surface area (Å²) >= 11 is 0. The molecule has 3 rings (SSSR count). The third-order valence-corrected chi connectivity index (χ3v) is 5.69. The number of methoxy groups -OCH3 is 2. The second kappa shape index (κ2) is 8.88. The minimum Gasteiger partial charge on any atom is -0.493 e. The van der Waals surface area contributed by atoms with E-state index in [1.807, 2.05) is 6.07 Å². The van der Waals surface area contributed by atoms with E-state index in [0.29, 0.717) is 6.04 Å². The summed E-state index contributed by atoms with van der Waals surface area (Å²) in [6.07, 6.45) is 2.64. The lowest BCUT2D eigenvalue weighted by Gasteiger charge is -2.40. The van der Waals surface area contributed by atoms with E-state index in [0.717, 1.165) is 50.1 Å². The van der Waals surface area contributed by atoms with Crippen LogP contribution in [-0.2, 0) is 0 Å². The number of piperazine rings is 1. The second-order valence-corrected chi connectivity index (χ2v) is 7.40. The highest BCUT2D eigenvalue weighted by atomic mass is 16.5. The Kier molecular flexibility index (Phi) is 6.57. The lowest BCUT2D eigenvalue weighted by atomic mass is 9.97. The molecule has 0 aliphatic carbocycles. The van der Waals surface area contributed by atoms with Gasteiger partial charge in [-0.1, -0.05) is 13.0 Å². The summed E-state index contributed by atoms with van der Waals surface area (Å²) in [5, 5.41) is 3.47. The van der Waals surface area contributed by atoms with Crippen LogP contribution in [0.1, 0.15) is 31.4 Å². The first-order valence-corrected chi connectivity index (χ1v) is 9.60. The third-order valence-electron chi connectivity index (χ3n) is 5.69. The molecule has 1 N–H and O–H groups in total. The molecule has 1 aromatic rings. The van der Waals surface area contributed by atoms with Crippen molar-refractivity contribution < 1.29 is 9.47 Å². The number of piperidine rings is 1. The predicted molar refractivity (Wildman–Crippen MR) is 102 cm³/mol. The van der Waals surface area contributed by atoms with E-state index in [4.69, 9.17) is 9.47 Å². The third kappa shape index (κ3) is 4.66. The maximum Gasteiger partial charge on any atom is 0.161 e. The fourth-order valence-corrected chi connectivity index (χ4v) is 3.97. The molecule has 0 saturated carbocycles. The molecule has 1 unspecified atom stereocenters. The van der Waals surface area contributed by atoms with Gasteiger partial charge in [-0.3, -0.25) is 4.90 Å². The molecule has 140 valence electrons. The van der Waals surface area contributed by atoms with Crippen LogP contribution in [0.5, 0.6) is 11.5 Å². The quantitative estimate of drug-likeness (QED) is 0.855. The number of ether oxygens (including phenoxy) is 2. The molecule has 25 heavy (non-hydrogen) atoms. The van der Waals surface area contributed by atoms with Crippen molar-refractivity contribution in [1.29, 1.82) is 0 Å². The molecule has 2 fully saturated rings. The highest BCUT2D eigenvalue weighted by molar-refractivity contribution is 5.44. The Balaban J connectivity index is 1.80. The van der Waals surface area contributed by atoms with Crippen LogP contribution in [0.3, 0.4) is 0 Å². The average molecular weight is 348 g/mol. The van der Waals surface area contributed by atoms with Gasteiger partial charge in [-0.05, 0) is 49.5 Å². The molecule has 2 aliphatic rings. The molecule has 1 atom stereocenters. The van der Waals surface area contributed by atoms with E-state index in [9.17, 15) is 0 Å². The van der Waals surface area contributed by atoms with E-state index < -0.39 is 0 Å². The molecular weight excluding hydrogens is 314 g/mol. The van der Waals surface area contributed by atoms with Crippen molar-refractivity contribution in [3.05, 3.63) is 23.8 Å². The summed E-state index contributed by atoms with van der Waals surface area (Å²) in [6.45, 7) is 10.3. The highest BCUT2D eigenvalue weighted by Gasteiger charge is 2.27. The van der Waals surface area contributed by atoms with Crippen molar-refractivity contribution in [3.63, 3.8) is 0 Å². The van der Waals surface area contributed by atoms with Crippen molar-refractivity contribution >= 4 is 0 Å². The predicted octanol–water partition coefficient (Wildman–Crippen LogP) is 2.38. The molecule has 0 bridgehead atoms. The fourth-order valence-electron chi connectivity index (χ4n) is 3.97. The first-order valence-electron chi connectivity index (χ1n) is 9.60. The second-order valence-electron chi connectivity index (χ2n) is 7.40. The minimum atomic E-state index is 0.412. The number of rotatable bonds is 6. The number of hydrogen-bond acceptors (Lipinski definition) is 5. The monoisotopic (exact) mass is 347 g/mol. The van der Waals surface area contributed by atoms with Crippen molar-refractivity contribution in [2.24, 2.45) is 5.92 Å². The van der Waals surface area contributed by atoms with Crippen molar-refractivity contribution in [2.45, 2.75) is 25.8 Å². The topological polar surface area (TPSA) is 37.0 Å². The molecule has 5 nitrogen and oxygen atoms in total. The lowest BCUT2D eigenvalue weighted by Crippen LogP contribution is -2.48. The van der Waals surface area contributed by atoms with Gasteiger partial charge in [0.2, 0.25) is 0 Å². The molecule has 2 aliphatic heterocycles. The van der Waals surface area contributed by atoms with Gasteiger partial charge < -0.3 is 19.7 Å². The maximum absolute atomic E-state index is 5.55. The zero-order valence-corrected chi connectivity index (χ0v) is 16.0. The molecule has 0 aromatic heterocycles. The Bertz CT molecular complexity index is 538. The highest BCUT2D eigenvalue weighted by Crippen LogP contribution is 2.33. The largest absolute Gasteiger partial charge is 0.493 e. The molecule has 2 heterocycles. The Hall–Kier alpha value is -1.30. The summed E-state index contributed by atoms with van der Waals surface area (Å²) in [5.74, 6) is 2.50. The molecule has 5 heteroatoms. The van der Waals surface area contributed by atoms with Crippen LogP contribution in [0, 0.1) is 5.92 Å². The van der Waals surface area contributed by atoms with E-state index in [2.05, 4.69) is 34.2 Å². The van der Waals surface area contributed by atoms with Gasteiger partial charge in [-0.25, -0.2) is 0 Å². The number of benzene rings is 1. The molecule has 0 radical (unpaired) electrons. The van der Waals surface area contributed by atoms with E-state index in [1.54, 1.807) is 14.2 Å². The zero-order chi connectivity index (χ0) is 17.6. The van der Waals surface area contributed by atoms with Crippen LogP contribution in [0.2, 0.25) is 0 Å². The summed E-state index contributed by atoms with van der Waals surface area (Å²) in [6, 6.07) is 6.83. The number of likely N-dealkylation sites (tertiary alicyclic amines) is 1. The zero-order valence-electron chi connectivity index (χ0n) is 16.0. The maximum atomic E-state index is 5.55. The van der Waals surface area contributed by atoms with Crippen molar-refractivity contribution in [3.8, 4) is 11.5 Å². The van der Waals surface area contributed by atoms with Crippen molar-refractivity contribution in [1.82, 2.24) is 15.1 Å². The molecule has 2 saturated heterocycles. The van der Waals surface area contributed by atoms with Gasteiger partial charge in [0.15, 0.2) is 11.5 Å². The van der Waals surface area contributed by atoms with E-state index in [-0.39, 0.29) is 0 Å². The summed E-state index contributed by atoms with van der Waals surface area (Å²) in [4.78, 5) is 5.26. The molecule has 0 amide bonds. The molecular formula is C20H33N3O2. The van der Waals surface area contributed by atoms with Crippen LogP contribution >= 0.6 is 0 Å². The lowest BCUT2D eigenvalue weighted by molar-refractivity contribution is 0.104. The van der Waals surface area contributed by atoms with Crippen LogP contribution < -0.4 is 14.8 Å². The smallest absolute Gasteiger partial charge is 0.161 e. The SMILES string of the molecule is COc1ccc(C(CN2CCC(C)CC2)N2CCNCC2)cc1OC. The van der Waals surface area contributed by atoms with Gasteiger partial charge in [-0.15, -0.1) is 0 Å². The Morgan fingerprint density at radius 2 is 1.72 bits per heavy atom. The Morgan fingerprint density at radius 3 is 2.36 bits per heavy atom. The van der Waals surface area contributed by atoms with Crippen LogP contribution in [0.15, 0.2) is 18.2 Å². The van der Waals surface area contributed by atoms with Crippen LogP contribution in [-0.4, -0.2) is 69.8 Å². The molecule has 1 aromatic carbocycles. The van der Waals surface area contributed by atoms with Crippen LogP contribution in [0.4, 0.5) is 0 Å². The van der Waals surface area contributed by atoms with E-state index >= 15 is 0 Å². The van der Waals surface area contributed by atoms with Gasteiger partial charge in [-0.2, -0.15) is 0 Å². The fraction of sp³-hybridized carbons (Fsp3) is 0.700. The van der Waals surface area contributed by atoms with Gasteiger partial charge in [0, 0.05) is 38.8 Å². The minimum absolute atomic E-state index is 0.412. The first kappa shape index (κ1) is 18.5. The van der Waals surface area contributed by atoms with Crippen molar-refractivity contribution in [2.75, 3.05) is 60.0 Å². The van der Waals surface area contributed by atoms with Gasteiger partial charge >= 0.3 is 0 Å². The Labute approximate surface area is 152 Å². The summed E-state index contributed by atoms with van der Waals surface area (Å²) in [5.41, 5.74) is 1.33. The number of hydrogen-bond donors (Lipinski definition) is 1. The standard InChI is InChI=1S/C20H33N3O2/c1-16-6-10-22(11-7-16)15-18(23-12-8-21-9-13-23)17-4-5-19(24-2)20(14-17)25-3/h4-5,14,16,18,21H,6-13,15H2,1-3H3. The Morgan fingerprint density at radius 1 is 1.04 bits per heavy atom.